The fourth-order valence-corrected chi connectivity index (χ4v) is 2.94. The zero-order valence-electron chi connectivity index (χ0n) is 11.5. The Morgan fingerprint density at radius 3 is 2.53 bits per heavy atom. The van der Waals surface area contributed by atoms with Crippen molar-refractivity contribution in [3.05, 3.63) is 12.7 Å². The monoisotopic (exact) mass is 237 g/mol. The molecule has 0 aromatic rings. The van der Waals surface area contributed by atoms with Crippen molar-refractivity contribution in [2.24, 2.45) is 11.7 Å². The molecule has 1 saturated carbocycles. The second kappa shape index (κ2) is 9.70. The van der Waals surface area contributed by atoms with E-state index < -0.39 is 0 Å². The molecule has 1 unspecified atom stereocenters. The number of hydrogen-bond donors (Lipinski definition) is 1. The predicted octanol–water partition coefficient (Wildman–Crippen LogP) is 4.81. The molecule has 17 heavy (non-hydrogen) atoms. The summed E-state index contributed by atoms with van der Waals surface area (Å²) in [6.45, 7) is 3.75. The van der Waals surface area contributed by atoms with Gasteiger partial charge in [-0.3, -0.25) is 0 Å². The van der Waals surface area contributed by atoms with E-state index in [0.29, 0.717) is 6.04 Å². The van der Waals surface area contributed by atoms with Crippen LogP contribution in [-0.2, 0) is 0 Å². The summed E-state index contributed by atoms with van der Waals surface area (Å²) >= 11 is 0. The summed E-state index contributed by atoms with van der Waals surface area (Å²) in [7, 11) is 0. The maximum Gasteiger partial charge on any atom is 0.00389 e. The second-order valence-electron chi connectivity index (χ2n) is 5.77. The largest absolute Gasteiger partial charge is 0.328 e. The van der Waals surface area contributed by atoms with E-state index in [1.54, 1.807) is 0 Å². The highest BCUT2D eigenvalue weighted by molar-refractivity contribution is 4.70. The molecule has 1 nitrogen and oxygen atoms in total. The Morgan fingerprint density at radius 1 is 1.06 bits per heavy atom. The zero-order chi connectivity index (χ0) is 12.3. The summed E-state index contributed by atoms with van der Waals surface area (Å²) in [4.78, 5) is 0. The predicted molar refractivity (Wildman–Crippen MR) is 77.1 cm³/mol. The molecule has 1 fully saturated rings. The van der Waals surface area contributed by atoms with Crippen LogP contribution in [0.15, 0.2) is 12.7 Å². The van der Waals surface area contributed by atoms with Crippen molar-refractivity contribution >= 4 is 0 Å². The molecule has 1 rings (SSSR count). The van der Waals surface area contributed by atoms with Crippen LogP contribution in [0.2, 0.25) is 0 Å². The van der Waals surface area contributed by atoms with Crippen LogP contribution in [0.5, 0.6) is 0 Å². The second-order valence-corrected chi connectivity index (χ2v) is 5.77. The lowest BCUT2D eigenvalue weighted by atomic mass is 9.85. The van der Waals surface area contributed by atoms with Gasteiger partial charge in [-0.2, -0.15) is 0 Å². The molecule has 1 heteroatoms. The molecule has 0 amide bonds. The third-order valence-electron chi connectivity index (χ3n) is 4.15. The Bertz CT molecular complexity index is 182. The average molecular weight is 237 g/mol. The minimum atomic E-state index is 0.459. The summed E-state index contributed by atoms with van der Waals surface area (Å²) in [5.41, 5.74) is 6.19. The lowest BCUT2D eigenvalue weighted by Gasteiger charge is -2.22. The van der Waals surface area contributed by atoms with Crippen LogP contribution in [0.4, 0.5) is 0 Å². The van der Waals surface area contributed by atoms with Crippen molar-refractivity contribution < 1.29 is 0 Å². The molecule has 0 saturated heterocycles. The van der Waals surface area contributed by atoms with E-state index in [1.807, 2.05) is 6.08 Å². The van der Waals surface area contributed by atoms with Gasteiger partial charge < -0.3 is 5.73 Å². The highest BCUT2D eigenvalue weighted by atomic mass is 14.6. The first-order valence-corrected chi connectivity index (χ1v) is 7.69. The Morgan fingerprint density at radius 2 is 1.82 bits per heavy atom. The smallest absolute Gasteiger partial charge is 0.00389 e. The van der Waals surface area contributed by atoms with Gasteiger partial charge in [0.2, 0.25) is 0 Å². The van der Waals surface area contributed by atoms with E-state index in [2.05, 4.69) is 6.58 Å². The molecular weight excluding hydrogens is 206 g/mol. The topological polar surface area (TPSA) is 26.0 Å². The molecule has 0 radical (unpaired) electrons. The summed E-state index contributed by atoms with van der Waals surface area (Å²) in [6, 6.07) is 0.459. The first-order chi connectivity index (χ1) is 8.33. The lowest BCUT2D eigenvalue weighted by molar-refractivity contribution is 0.319. The normalized spacial score (nSPS) is 19.1. The minimum absolute atomic E-state index is 0.459. The van der Waals surface area contributed by atoms with Crippen LogP contribution in [0.25, 0.3) is 0 Å². The summed E-state index contributed by atoms with van der Waals surface area (Å²) < 4.78 is 0. The van der Waals surface area contributed by atoms with E-state index in [9.17, 15) is 0 Å². The van der Waals surface area contributed by atoms with Gasteiger partial charge in [0.05, 0.1) is 0 Å². The summed E-state index contributed by atoms with van der Waals surface area (Å²) in [5.74, 6) is 0.996. The molecule has 0 aliphatic heterocycles. The van der Waals surface area contributed by atoms with Crippen molar-refractivity contribution in [3.8, 4) is 0 Å². The van der Waals surface area contributed by atoms with E-state index in [1.165, 1.54) is 70.6 Å². The quantitative estimate of drug-likeness (QED) is 0.452. The Hall–Kier alpha value is -0.300. The van der Waals surface area contributed by atoms with Crippen LogP contribution in [0.3, 0.4) is 0 Å². The molecule has 100 valence electrons. The fraction of sp³-hybridized carbons (Fsp3) is 0.875. The average Bonchev–Trinajstić information content (AvgIpc) is 2.37. The molecule has 0 heterocycles. The van der Waals surface area contributed by atoms with Crippen LogP contribution >= 0.6 is 0 Å². The third kappa shape index (κ3) is 7.59. The maximum atomic E-state index is 6.19. The van der Waals surface area contributed by atoms with Crippen molar-refractivity contribution in [1.82, 2.24) is 0 Å². The number of unbranched alkanes of at least 4 members (excludes halogenated alkanes) is 3. The van der Waals surface area contributed by atoms with Gasteiger partial charge in [0.25, 0.3) is 0 Å². The van der Waals surface area contributed by atoms with E-state index in [4.69, 9.17) is 5.73 Å². The third-order valence-corrected chi connectivity index (χ3v) is 4.15. The Kier molecular flexibility index (Phi) is 8.42. The molecule has 0 spiro atoms. The summed E-state index contributed by atoms with van der Waals surface area (Å²) in [6.07, 6.45) is 18.3. The van der Waals surface area contributed by atoms with Gasteiger partial charge in [-0.1, -0.05) is 51.0 Å². The van der Waals surface area contributed by atoms with Gasteiger partial charge in [0.15, 0.2) is 0 Å². The Balaban J connectivity index is 1.92. The maximum absolute atomic E-state index is 6.19. The van der Waals surface area contributed by atoms with Crippen LogP contribution < -0.4 is 5.73 Å². The Labute approximate surface area is 108 Å². The van der Waals surface area contributed by atoms with E-state index >= 15 is 0 Å². The van der Waals surface area contributed by atoms with Crippen molar-refractivity contribution in [1.29, 1.82) is 0 Å². The van der Waals surface area contributed by atoms with E-state index in [0.717, 1.165) is 12.3 Å². The molecule has 0 aromatic carbocycles. The molecule has 0 bridgehead atoms. The standard InChI is InChI=1S/C16H31N/c1-2-3-4-5-9-12-16(17)14-13-15-10-7-6-8-11-15/h2,15-16H,1,3-14,17H2. The molecule has 2 N–H and O–H groups in total. The van der Waals surface area contributed by atoms with Gasteiger partial charge in [0, 0.05) is 6.04 Å². The highest BCUT2D eigenvalue weighted by Crippen LogP contribution is 2.27. The van der Waals surface area contributed by atoms with Gasteiger partial charge >= 0.3 is 0 Å². The van der Waals surface area contributed by atoms with E-state index in [-0.39, 0.29) is 0 Å². The SMILES string of the molecule is C=CCCCCCC(N)CCC1CCCCC1. The van der Waals surface area contributed by atoms with Crippen molar-refractivity contribution in [3.63, 3.8) is 0 Å². The van der Waals surface area contributed by atoms with Gasteiger partial charge in [-0.05, 0) is 38.0 Å². The van der Waals surface area contributed by atoms with Gasteiger partial charge in [0.1, 0.15) is 0 Å². The molecular formula is C16H31N. The highest BCUT2D eigenvalue weighted by Gasteiger charge is 2.14. The van der Waals surface area contributed by atoms with Crippen molar-refractivity contribution in [2.45, 2.75) is 83.1 Å². The van der Waals surface area contributed by atoms with Gasteiger partial charge in [-0.25, -0.2) is 0 Å². The molecule has 1 atom stereocenters. The molecule has 0 aromatic heterocycles. The minimum Gasteiger partial charge on any atom is -0.328 e. The zero-order valence-corrected chi connectivity index (χ0v) is 11.5. The first-order valence-electron chi connectivity index (χ1n) is 7.69. The summed E-state index contributed by atoms with van der Waals surface area (Å²) in [5, 5.41) is 0. The van der Waals surface area contributed by atoms with Crippen LogP contribution in [0.1, 0.15) is 77.0 Å². The van der Waals surface area contributed by atoms with Gasteiger partial charge in [-0.15, -0.1) is 6.58 Å². The van der Waals surface area contributed by atoms with Crippen LogP contribution in [0, 0.1) is 5.92 Å². The number of hydrogen-bond acceptors (Lipinski definition) is 1. The molecule has 1 aliphatic rings. The lowest BCUT2D eigenvalue weighted by Crippen LogP contribution is -2.21. The van der Waals surface area contributed by atoms with Crippen LogP contribution in [-0.4, -0.2) is 6.04 Å². The number of rotatable bonds is 9. The fourth-order valence-electron chi connectivity index (χ4n) is 2.94. The first kappa shape index (κ1) is 14.8. The number of nitrogens with two attached hydrogens (primary N) is 1. The number of allylic oxidation sites excluding steroid dienone is 1. The van der Waals surface area contributed by atoms with Crippen molar-refractivity contribution in [2.75, 3.05) is 0 Å². The molecule has 1 aliphatic carbocycles.